The third-order valence-electron chi connectivity index (χ3n) is 3.16. The van der Waals surface area contributed by atoms with Crippen molar-refractivity contribution < 1.29 is 0 Å². The Morgan fingerprint density at radius 3 is 2.86 bits per heavy atom. The van der Waals surface area contributed by atoms with Crippen LogP contribution in [0.15, 0.2) is 30.6 Å². The zero-order valence-electron chi connectivity index (χ0n) is 11.9. The van der Waals surface area contributed by atoms with E-state index in [0.717, 1.165) is 23.3 Å². The van der Waals surface area contributed by atoms with Gasteiger partial charge in [-0.05, 0) is 19.2 Å². The maximum Gasteiger partial charge on any atom is 0.162 e. The van der Waals surface area contributed by atoms with Gasteiger partial charge < -0.3 is 0 Å². The van der Waals surface area contributed by atoms with Crippen LogP contribution in [-0.4, -0.2) is 36.7 Å². The summed E-state index contributed by atoms with van der Waals surface area (Å²) in [5.74, 6) is 0.675. The van der Waals surface area contributed by atoms with Gasteiger partial charge in [0.25, 0.3) is 0 Å². The molecule has 0 unspecified atom stereocenters. The van der Waals surface area contributed by atoms with E-state index in [9.17, 15) is 0 Å². The van der Waals surface area contributed by atoms with Crippen molar-refractivity contribution in [3.8, 4) is 0 Å². The van der Waals surface area contributed by atoms with E-state index >= 15 is 0 Å². The van der Waals surface area contributed by atoms with E-state index in [4.69, 9.17) is 11.6 Å². The molecule has 0 saturated carbocycles. The molecule has 0 fully saturated rings. The lowest BCUT2D eigenvalue weighted by atomic mass is 10.3. The molecule has 0 aliphatic heterocycles. The normalized spacial score (nSPS) is 11.4. The van der Waals surface area contributed by atoms with Crippen LogP contribution in [0.25, 0.3) is 11.0 Å². The first-order valence-corrected chi connectivity index (χ1v) is 6.94. The molecule has 0 N–H and O–H groups in total. The molecule has 0 radical (unpaired) electrons. The van der Waals surface area contributed by atoms with Crippen molar-refractivity contribution in [2.24, 2.45) is 7.05 Å². The maximum absolute atomic E-state index is 6.18. The lowest BCUT2D eigenvalue weighted by molar-refractivity contribution is 0.307. The Morgan fingerprint density at radius 2 is 2.10 bits per heavy atom. The van der Waals surface area contributed by atoms with E-state index in [2.05, 4.69) is 25.0 Å². The molecular formula is C14H15ClN6. The van der Waals surface area contributed by atoms with E-state index in [1.165, 1.54) is 0 Å². The molecule has 6 nitrogen and oxygen atoms in total. The van der Waals surface area contributed by atoms with Crippen molar-refractivity contribution in [1.82, 2.24) is 29.6 Å². The lowest BCUT2D eigenvalue weighted by Gasteiger charge is -2.15. The van der Waals surface area contributed by atoms with Crippen molar-refractivity contribution >= 4 is 22.6 Å². The van der Waals surface area contributed by atoms with Crippen LogP contribution in [-0.2, 0) is 20.1 Å². The first-order chi connectivity index (χ1) is 10.1. The molecule has 0 aliphatic carbocycles. The number of halogens is 1. The summed E-state index contributed by atoms with van der Waals surface area (Å²) >= 11 is 6.18. The molecule has 3 rings (SSSR count). The Kier molecular flexibility index (Phi) is 3.81. The van der Waals surface area contributed by atoms with E-state index in [0.29, 0.717) is 17.5 Å². The van der Waals surface area contributed by atoms with Gasteiger partial charge in [0.05, 0.1) is 23.8 Å². The molecule has 21 heavy (non-hydrogen) atoms. The van der Waals surface area contributed by atoms with Gasteiger partial charge in [0.1, 0.15) is 11.0 Å². The quantitative estimate of drug-likeness (QED) is 0.690. The van der Waals surface area contributed by atoms with Gasteiger partial charge in [-0.1, -0.05) is 17.7 Å². The SMILES string of the molecule is CN(Cc1ccccn1)Cc1nc(Cl)c2cnn(C)c2n1. The van der Waals surface area contributed by atoms with Gasteiger partial charge in [-0.2, -0.15) is 5.10 Å². The van der Waals surface area contributed by atoms with Crippen LogP contribution in [0.1, 0.15) is 11.5 Å². The molecule has 0 aromatic carbocycles. The van der Waals surface area contributed by atoms with E-state index in [1.807, 2.05) is 32.3 Å². The van der Waals surface area contributed by atoms with Gasteiger partial charge in [-0.15, -0.1) is 0 Å². The minimum atomic E-state index is 0.439. The predicted molar refractivity (Wildman–Crippen MR) is 80.7 cm³/mol. The van der Waals surface area contributed by atoms with Crippen molar-refractivity contribution in [3.05, 3.63) is 47.3 Å². The number of hydrogen-bond donors (Lipinski definition) is 0. The lowest BCUT2D eigenvalue weighted by Crippen LogP contribution is -2.19. The summed E-state index contributed by atoms with van der Waals surface area (Å²) in [4.78, 5) is 15.3. The number of fused-ring (bicyclic) bond motifs is 1. The third-order valence-corrected chi connectivity index (χ3v) is 3.45. The largest absolute Gasteiger partial charge is 0.293 e. The summed E-state index contributed by atoms with van der Waals surface area (Å²) in [6, 6.07) is 5.88. The number of rotatable bonds is 4. The molecule has 3 heterocycles. The van der Waals surface area contributed by atoms with Gasteiger partial charge in [-0.25, -0.2) is 9.97 Å². The average molecular weight is 303 g/mol. The molecule has 0 atom stereocenters. The average Bonchev–Trinajstić information content (AvgIpc) is 2.82. The van der Waals surface area contributed by atoms with E-state index in [-0.39, 0.29) is 0 Å². The molecular weight excluding hydrogens is 288 g/mol. The number of pyridine rings is 1. The number of nitrogens with zero attached hydrogens (tertiary/aromatic N) is 6. The van der Waals surface area contributed by atoms with Gasteiger partial charge in [0.15, 0.2) is 5.65 Å². The van der Waals surface area contributed by atoms with Crippen molar-refractivity contribution in [2.75, 3.05) is 7.05 Å². The van der Waals surface area contributed by atoms with Crippen LogP contribution in [0.3, 0.4) is 0 Å². The zero-order chi connectivity index (χ0) is 14.8. The molecule has 0 aliphatic rings. The summed E-state index contributed by atoms with van der Waals surface area (Å²) in [6.45, 7) is 1.32. The molecule has 108 valence electrons. The topological polar surface area (TPSA) is 59.7 Å². The fourth-order valence-corrected chi connectivity index (χ4v) is 2.40. The predicted octanol–water partition coefficient (Wildman–Crippen LogP) is 2.04. The second-order valence-electron chi connectivity index (χ2n) is 4.93. The van der Waals surface area contributed by atoms with E-state index in [1.54, 1.807) is 17.1 Å². The summed E-state index contributed by atoms with van der Waals surface area (Å²) in [6.07, 6.45) is 3.47. The number of hydrogen-bond acceptors (Lipinski definition) is 5. The monoisotopic (exact) mass is 302 g/mol. The summed E-state index contributed by atoms with van der Waals surface area (Å²) in [7, 11) is 3.84. The van der Waals surface area contributed by atoms with Gasteiger partial charge in [0, 0.05) is 19.8 Å². The van der Waals surface area contributed by atoms with Crippen LogP contribution in [0, 0.1) is 0 Å². The zero-order valence-corrected chi connectivity index (χ0v) is 12.6. The minimum Gasteiger partial charge on any atom is -0.293 e. The van der Waals surface area contributed by atoms with Crippen molar-refractivity contribution in [2.45, 2.75) is 13.1 Å². The first kappa shape index (κ1) is 13.9. The summed E-state index contributed by atoms with van der Waals surface area (Å²) in [5, 5.41) is 5.36. The van der Waals surface area contributed by atoms with Crippen molar-refractivity contribution in [3.63, 3.8) is 0 Å². The van der Waals surface area contributed by atoms with Crippen LogP contribution in [0.2, 0.25) is 5.15 Å². The Labute approximate surface area is 127 Å². The third kappa shape index (κ3) is 3.01. The van der Waals surface area contributed by atoms with Gasteiger partial charge in [-0.3, -0.25) is 14.6 Å². The number of aromatic nitrogens is 5. The highest BCUT2D eigenvalue weighted by Crippen LogP contribution is 2.19. The second-order valence-corrected chi connectivity index (χ2v) is 5.29. The van der Waals surface area contributed by atoms with Crippen molar-refractivity contribution in [1.29, 1.82) is 0 Å². The fraction of sp³-hybridized carbons (Fsp3) is 0.286. The number of aryl methyl sites for hydroxylation is 1. The molecule has 0 saturated heterocycles. The summed E-state index contributed by atoms with van der Waals surface area (Å²) < 4.78 is 1.70. The molecule has 0 spiro atoms. The highest BCUT2D eigenvalue weighted by Gasteiger charge is 2.11. The Hall–Kier alpha value is -2.05. The van der Waals surface area contributed by atoms with E-state index < -0.39 is 0 Å². The van der Waals surface area contributed by atoms with Crippen LogP contribution in [0.4, 0.5) is 0 Å². The smallest absolute Gasteiger partial charge is 0.162 e. The molecule has 3 aromatic rings. The Morgan fingerprint density at radius 1 is 1.24 bits per heavy atom. The standard InChI is InChI=1S/C14H15ClN6/c1-20(8-10-5-3-4-6-16-10)9-12-18-13(15)11-7-17-21(2)14(11)19-12/h3-7H,8-9H2,1-2H3. The van der Waals surface area contributed by atoms with Crippen LogP contribution < -0.4 is 0 Å². The van der Waals surface area contributed by atoms with Gasteiger partial charge >= 0.3 is 0 Å². The highest BCUT2D eigenvalue weighted by atomic mass is 35.5. The van der Waals surface area contributed by atoms with Crippen LogP contribution in [0.5, 0.6) is 0 Å². The Bertz CT molecular complexity index is 755. The highest BCUT2D eigenvalue weighted by molar-refractivity contribution is 6.33. The maximum atomic E-state index is 6.18. The minimum absolute atomic E-state index is 0.439. The molecule has 0 amide bonds. The van der Waals surface area contributed by atoms with Crippen LogP contribution >= 0.6 is 11.6 Å². The molecule has 7 heteroatoms. The molecule has 3 aromatic heterocycles. The second kappa shape index (κ2) is 5.75. The summed E-state index contributed by atoms with van der Waals surface area (Å²) in [5.41, 5.74) is 1.75. The fourth-order valence-electron chi connectivity index (χ4n) is 2.17. The Balaban J connectivity index is 1.79. The molecule has 0 bridgehead atoms. The first-order valence-electron chi connectivity index (χ1n) is 6.56. The van der Waals surface area contributed by atoms with Gasteiger partial charge in [0.2, 0.25) is 0 Å².